The number of halogens is 1. The zero-order valence-corrected chi connectivity index (χ0v) is 10.6. The molecule has 5 nitrogen and oxygen atoms in total. The van der Waals surface area contributed by atoms with E-state index in [4.69, 9.17) is 4.74 Å². The highest BCUT2D eigenvalue weighted by molar-refractivity contribution is 6.12. The molecule has 1 aromatic carbocycles. The summed E-state index contributed by atoms with van der Waals surface area (Å²) in [5, 5.41) is 4.00. The van der Waals surface area contributed by atoms with Gasteiger partial charge in [0.05, 0.1) is 6.20 Å². The van der Waals surface area contributed by atoms with Gasteiger partial charge in [0.25, 0.3) is 0 Å². The van der Waals surface area contributed by atoms with E-state index in [1.807, 2.05) is 0 Å². The van der Waals surface area contributed by atoms with Crippen molar-refractivity contribution in [3.63, 3.8) is 0 Å². The summed E-state index contributed by atoms with van der Waals surface area (Å²) in [6.07, 6.45) is 4.96. The first kappa shape index (κ1) is 12.3. The minimum absolute atomic E-state index is 0.171. The van der Waals surface area contributed by atoms with E-state index in [9.17, 15) is 9.18 Å². The lowest BCUT2D eigenvalue weighted by Gasteiger charge is -1.98. The molecule has 20 heavy (non-hydrogen) atoms. The van der Waals surface area contributed by atoms with Crippen LogP contribution in [0.15, 0.2) is 47.3 Å². The summed E-state index contributed by atoms with van der Waals surface area (Å²) < 4.78 is 19.5. The number of aliphatic imine (C=N–C) groups is 1. The minimum Gasteiger partial charge on any atom is -0.402 e. The van der Waals surface area contributed by atoms with Crippen molar-refractivity contribution in [1.29, 1.82) is 0 Å². The van der Waals surface area contributed by atoms with Crippen molar-refractivity contribution < 1.29 is 13.9 Å². The first-order valence-corrected chi connectivity index (χ1v) is 5.89. The van der Waals surface area contributed by atoms with Crippen molar-refractivity contribution in [3.8, 4) is 0 Å². The summed E-state index contributed by atoms with van der Waals surface area (Å²) >= 11 is 0. The van der Waals surface area contributed by atoms with Gasteiger partial charge in [0.1, 0.15) is 5.82 Å². The first-order chi connectivity index (χ1) is 9.61. The fourth-order valence-electron chi connectivity index (χ4n) is 1.80. The van der Waals surface area contributed by atoms with Gasteiger partial charge in [0.15, 0.2) is 5.70 Å². The Balaban J connectivity index is 1.92. The predicted molar refractivity (Wildman–Crippen MR) is 70.2 cm³/mol. The van der Waals surface area contributed by atoms with E-state index in [-0.39, 0.29) is 17.4 Å². The number of carbonyl (C=O) groups excluding carboxylic acids is 1. The molecule has 0 radical (unpaired) electrons. The van der Waals surface area contributed by atoms with Crippen LogP contribution in [0.25, 0.3) is 6.08 Å². The van der Waals surface area contributed by atoms with Crippen LogP contribution in [0.1, 0.15) is 11.1 Å². The molecule has 0 N–H and O–H groups in total. The Kier molecular flexibility index (Phi) is 2.90. The summed E-state index contributed by atoms with van der Waals surface area (Å²) in [5.41, 5.74) is 1.50. The number of ether oxygens (including phenoxy) is 1. The van der Waals surface area contributed by atoms with Crippen LogP contribution in [0.4, 0.5) is 4.39 Å². The molecule has 3 rings (SSSR count). The normalized spacial score (nSPS) is 16.4. The van der Waals surface area contributed by atoms with Crippen molar-refractivity contribution in [3.05, 3.63) is 59.3 Å². The average molecular weight is 271 g/mol. The van der Waals surface area contributed by atoms with Crippen LogP contribution in [0.2, 0.25) is 0 Å². The molecule has 1 aliphatic heterocycles. The van der Waals surface area contributed by atoms with Gasteiger partial charge >= 0.3 is 5.97 Å². The average Bonchev–Trinajstić information content (AvgIpc) is 2.98. The van der Waals surface area contributed by atoms with E-state index in [1.54, 1.807) is 30.2 Å². The lowest BCUT2D eigenvalue weighted by Crippen LogP contribution is -2.05. The Labute approximate surface area is 114 Å². The molecule has 6 heteroatoms. The molecule has 0 unspecified atom stereocenters. The number of rotatable bonds is 2. The molecule has 0 saturated carbocycles. The third-order valence-corrected chi connectivity index (χ3v) is 2.74. The van der Waals surface area contributed by atoms with Crippen LogP contribution in [0, 0.1) is 5.82 Å². The van der Waals surface area contributed by atoms with Gasteiger partial charge in [-0.05, 0) is 30.3 Å². The molecule has 0 saturated heterocycles. The number of hydrogen-bond acceptors (Lipinski definition) is 4. The SMILES string of the molecule is Cn1cc(/C=C2\N=C(c3ccc(F)cc3)OC2=O)cn1. The monoisotopic (exact) mass is 271 g/mol. The van der Waals surface area contributed by atoms with Crippen molar-refractivity contribution in [2.75, 3.05) is 0 Å². The molecule has 100 valence electrons. The topological polar surface area (TPSA) is 56.5 Å². The Morgan fingerprint density at radius 1 is 1.30 bits per heavy atom. The van der Waals surface area contributed by atoms with Crippen LogP contribution in [-0.4, -0.2) is 21.6 Å². The second-order valence-corrected chi connectivity index (χ2v) is 4.29. The molecular formula is C14H10FN3O2. The first-order valence-electron chi connectivity index (χ1n) is 5.89. The Morgan fingerprint density at radius 2 is 2.05 bits per heavy atom. The van der Waals surface area contributed by atoms with Gasteiger partial charge < -0.3 is 4.74 Å². The largest absolute Gasteiger partial charge is 0.402 e. The number of aromatic nitrogens is 2. The highest BCUT2D eigenvalue weighted by Crippen LogP contribution is 2.19. The Morgan fingerprint density at radius 3 is 2.70 bits per heavy atom. The van der Waals surface area contributed by atoms with E-state index in [0.29, 0.717) is 5.56 Å². The van der Waals surface area contributed by atoms with Crippen LogP contribution in [-0.2, 0) is 16.6 Å². The maximum Gasteiger partial charge on any atom is 0.363 e. The number of benzene rings is 1. The Hall–Kier alpha value is -2.76. The molecule has 0 atom stereocenters. The molecule has 2 aromatic rings. The van der Waals surface area contributed by atoms with Gasteiger partial charge in [-0.15, -0.1) is 0 Å². The van der Waals surface area contributed by atoms with E-state index in [0.717, 1.165) is 5.56 Å². The number of esters is 1. The number of cyclic esters (lactones) is 1. The summed E-state index contributed by atoms with van der Waals surface area (Å²) in [6.45, 7) is 0. The third kappa shape index (κ3) is 2.35. The van der Waals surface area contributed by atoms with Crippen LogP contribution >= 0.6 is 0 Å². The van der Waals surface area contributed by atoms with E-state index in [1.165, 1.54) is 24.3 Å². The van der Waals surface area contributed by atoms with Gasteiger partial charge in [-0.3, -0.25) is 4.68 Å². The Bertz CT molecular complexity index is 729. The van der Waals surface area contributed by atoms with E-state index < -0.39 is 5.97 Å². The maximum atomic E-state index is 12.8. The molecule has 0 amide bonds. The highest BCUT2D eigenvalue weighted by Gasteiger charge is 2.24. The minimum atomic E-state index is -0.534. The molecule has 1 aromatic heterocycles. The number of nitrogens with zero attached hydrogens (tertiary/aromatic N) is 3. The smallest absolute Gasteiger partial charge is 0.363 e. The lowest BCUT2D eigenvalue weighted by molar-refractivity contribution is -0.129. The molecule has 0 fully saturated rings. The molecule has 1 aliphatic rings. The molecule has 0 spiro atoms. The van der Waals surface area contributed by atoms with Gasteiger partial charge in [-0.25, -0.2) is 14.2 Å². The lowest BCUT2D eigenvalue weighted by atomic mass is 10.2. The fourth-order valence-corrected chi connectivity index (χ4v) is 1.80. The van der Waals surface area contributed by atoms with Crippen molar-refractivity contribution in [2.24, 2.45) is 12.0 Å². The number of aryl methyl sites for hydroxylation is 1. The summed E-state index contributed by atoms with van der Waals surface area (Å²) in [6, 6.07) is 5.59. The third-order valence-electron chi connectivity index (χ3n) is 2.74. The standard InChI is InChI=1S/C14H10FN3O2/c1-18-8-9(7-16-18)6-12-14(19)20-13(17-12)10-2-4-11(15)5-3-10/h2-8H,1H3/b12-6-. The summed E-state index contributed by atoms with van der Waals surface area (Å²) in [5.74, 6) is -0.719. The second-order valence-electron chi connectivity index (χ2n) is 4.29. The number of hydrogen-bond donors (Lipinski definition) is 0. The van der Waals surface area contributed by atoms with E-state index in [2.05, 4.69) is 10.1 Å². The van der Waals surface area contributed by atoms with E-state index >= 15 is 0 Å². The van der Waals surface area contributed by atoms with Crippen molar-refractivity contribution in [2.45, 2.75) is 0 Å². The van der Waals surface area contributed by atoms with Crippen molar-refractivity contribution in [1.82, 2.24) is 9.78 Å². The zero-order valence-electron chi connectivity index (χ0n) is 10.6. The second kappa shape index (κ2) is 4.73. The predicted octanol–water partition coefficient (Wildman–Crippen LogP) is 1.90. The fraction of sp³-hybridized carbons (Fsp3) is 0.0714. The number of carbonyl (C=O) groups is 1. The molecule has 0 aliphatic carbocycles. The summed E-state index contributed by atoms with van der Waals surface area (Å²) in [7, 11) is 1.78. The molecule has 0 bridgehead atoms. The van der Waals surface area contributed by atoms with Crippen molar-refractivity contribution >= 4 is 17.9 Å². The molecular weight excluding hydrogens is 261 g/mol. The van der Waals surface area contributed by atoms with Gasteiger partial charge in [-0.1, -0.05) is 0 Å². The summed E-state index contributed by atoms with van der Waals surface area (Å²) in [4.78, 5) is 15.8. The van der Waals surface area contributed by atoms with Crippen LogP contribution in [0.3, 0.4) is 0 Å². The quantitative estimate of drug-likeness (QED) is 0.619. The van der Waals surface area contributed by atoms with Gasteiger partial charge in [0, 0.05) is 24.4 Å². The highest BCUT2D eigenvalue weighted by atomic mass is 19.1. The van der Waals surface area contributed by atoms with Gasteiger partial charge in [-0.2, -0.15) is 5.10 Å². The van der Waals surface area contributed by atoms with Crippen LogP contribution in [0.5, 0.6) is 0 Å². The van der Waals surface area contributed by atoms with Crippen LogP contribution < -0.4 is 0 Å². The maximum absolute atomic E-state index is 12.8. The zero-order chi connectivity index (χ0) is 14.1. The van der Waals surface area contributed by atoms with Gasteiger partial charge in [0.2, 0.25) is 5.90 Å². The molecule has 2 heterocycles.